The maximum Gasteiger partial charge on any atom is 0.228 e. The van der Waals surface area contributed by atoms with Crippen LogP contribution in [0.3, 0.4) is 0 Å². The smallest absolute Gasteiger partial charge is 0.228 e. The maximum atomic E-state index is 8.93. The van der Waals surface area contributed by atoms with E-state index in [-0.39, 0.29) is 5.92 Å². The number of thiophene rings is 1. The molecular formula is C24H22ClN3OS. The molecule has 1 aliphatic rings. The Labute approximate surface area is 184 Å². The topological polar surface area (TPSA) is 50.9 Å². The minimum Gasteiger partial charge on any atom is -0.437 e. The number of hydrogen-bond donors (Lipinski definition) is 1. The van der Waals surface area contributed by atoms with Crippen LogP contribution in [0.15, 0.2) is 48.8 Å². The highest BCUT2D eigenvalue weighted by molar-refractivity contribution is 7.19. The van der Waals surface area contributed by atoms with Crippen molar-refractivity contribution in [3.05, 3.63) is 80.9 Å². The lowest BCUT2D eigenvalue weighted by Gasteiger charge is -2.26. The number of aryl methyl sites for hydroxylation is 2. The molecule has 2 aromatic heterocycles. The minimum absolute atomic E-state index is 0.104. The maximum absolute atomic E-state index is 8.93. The van der Waals surface area contributed by atoms with Crippen molar-refractivity contribution >= 4 is 33.0 Å². The van der Waals surface area contributed by atoms with Crippen LogP contribution in [0.4, 0.5) is 0 Å². The quantitative estimate of drug-likeness (QED) is 0.350. The van der Waals surface area contributed by atoms with Gasteiger partial charge in [-0.1, -0.05) is 49.7 Å². The average Bonchev–Trinajstić information content (AvgIpc) is 3.13. The molecular weight excluding hydrogens is 414 g/mol. The molecule has 0 saturated heterocycles. The summed E-state index contributed by atoms with van der Waals surface area (Å²) in [5.74, 6) is 1.30. The van der Waals surface area contributed by atoms with Gasteiger partial charge in [0.05, 0.1) is 16.4 Å². The molecule has 1 unspecified atom stereocenters. The third-order valence-electron chi connectivity index (χ3n) is 5.66. The van der Waals surface area contributed by atoms with Crippen LogP contribution in [0, 0.1) is 5.41 Å². The molecule has 0 saturated carbocycles. The number of nitrogens with zero attached hydrogens (tertiary/aromatic N) is 2. The highest BCUT2D eigenvalue weighted by atomic mass is 35.5. The van der Waals surface area contributed by atoms with Crippen molar-refractivity contribution in [2.24, 2.45) is 0 Å². The first-order valence-electron chi connectivity index (χ1n) is 10.2. The molecule has 0 fully saturated rings. The molecule has 1 aliphatic heterocycles. The Morgan fingerprint density at radius 3 is 2.70 bits per heavy atom. The number of hydrogen-bond acceptors (Lipinski definition) is 4. The van der Waals surface area contributed by atoms with Gasteiger partial charge in [-0.3, -0.25) is 5.41 Å². The molecule has 0 aliphatic carbocycles. The molecule has 0 radical (unpaired) electrons. The third kappa shape index (κ3) is 2.96. The summed E-state index contributed by atoms with van der Waals surface area (Å²) in [6, 6.07) is 14.3. The Balaban J connectivity index is 1.82. The average molecular weight is 436 g/mol. The number of rotatable bonds is 4. The largest absolute Gasteiger partial charge is 0.437 e. The van der Waals surface area contributed by atoms with Crippen molar-refractivity contribution in [2.45, 2.75) is 39.2 Å². The standard InChI is InChI=1S/C24H22ClN3OS/c1-3-12-28-13-27-24-19(23(28)26)18(15-8-10-16(25)11-9-15)22-20(29-24)17-7-5-6-14(4-2)21(17)30-22/h5-11,13,18,26H,3-4,12H2,1-2H3. The lowest BCUT2D eigenvalue weighted by Crippen LogP contribution is -2.29. The zero-order chi connectivity index (χ0) is 20.8. The number of fused-ring (bicyclic) bond motifs is 4. The van der Waals surface area contributed by atoms with Gasteiger partial charge in [0, 0.05) is 21.7 Å². The molecule has 4 aromatic rings. The summed E-state index contributed by atoms with van der Waals surface area (Å²) < 4.78 is 9.52. The summed E-state index contributed by atoms with van der Waals surface area (Å²) in [5, 5.41) is 10.8. The van der Waals surface area contributed by atoms with Crippen LogP contribution >= 0.6 is 22.9 Å². The Morgan fingerprint density at radius 1 is 1.17 bits per heavy atom. The zero-order valence-electron chi connectivity index (χ0n) is 16.9. The predicted molar refractivity (Wildman–Crippen MR) is 122 cm³/mol. The van der Waals surface area contributed by atoms with Gasteiger partial charge in [0.2, 0.25) is 5.88 Å². The van der Waals surface area contributed by atoms with Crippen LogP contribution in [0.1, 0.15) is 47.8 Å². The molecule has 0 amide bonds. The van der Waals surface area contributed by atoms with Crippen molar-refractivity contribution in [1.29, 1.82) is 5.41 Å². The summed E-state index contributed by atoms with van der Waals surface area (Å²) in [7, 11) is 0. The number of nitrogens with one attached hydrogen (secondary N) is 1. The summed E-state index contributed by atoms with van der Waals surface area (Å²) in [5.41, 5.74) is 3.69. The van der Waals surface area contributed by atoms with Crippen LogP contribution in [-0.4, -0.2) is 9.55 Å². The molecule has 1 atom stereocenters. The van der Waals surface area contributed by atoms with Crippen molar-refractivity contribution in [1.82, 2.24) is 9.55 Å². The molecule has 3 heterocycles. The Hall–Kier alpha value is -2.63. The van der Waals surface area contributed by atoms with Gasteiger partial charge in [-0.2, -0.15) is 0 Å². The van der Waals surface area contributed by atoms with E-state index in [1.807, 2.05) is 28.8 Å². The number of aromatic nitrogens is 2. The van der Waals surface area contributed by atoms with Gasteiger partial charge in [0.1, 0.15) is 11.8 Å². The molecule has 6 heteroatoms. The Kier molecular flexibility index (Phi) is 4.88. The third-order valence-corrected chi connectivity index (χ3v) is 7.24. The van der Waals surface area contributed by atoms with Gasteiger partial charge >= 0.3 is 0 Å². The molecule has 2 aromatic carbocycles. The lowest BCUT2D eigenvalue weighted by atomic mass is 9.88. The highest BCUT2D eigenvalue weighted by Gasteiger charge is 2.35. The van der Waals surface area contributed by atoms with Crippen LogP contribution in [0.5, 0.6) is 11.6 Å². The van der Waals surface area contributed by atoms with E-state index < -0.39 is 0 Å². The molecule has 0 bridgehead atoms. The summed E-state index contributed by atoms with van der Waals surface area (Å²) in [4.78, 5) is 5.75. The first kappa shape index (κ1) is 19.3. The van der Waals surface area contributed by atoms with E-state index in [0.717, 1.165) is 46.5 Å². The van der Waals surface area contributed by atoms with Gasteiger partial charge in [-0.25, -0.2) is 4.98 Å². The Bertz CT molecular complexity index is 1310. The Morgan fingerprint density at radius 2 is 1.97 bits per heavy atom. The van der Waals surface area contributed by atoms with Crippen molar-refractivity contribution in [3.63, 3.8) is 0 Å². The number of ether oxygens (including phenoxy) is 1. The summed E-state index contributed by atoms with van der Waals surface area (Å²) in [6.45, 7) is 5.04. The van der Waals surface area contributed by atoms with E-state index in [0.29, 0.717) is 16.4 Å². The minimum atomic E-state index is -0.104. The summed E-state index contributed by atoms with van der Waals surface area (Å²) >= 11 is 7.95. The molecule has 1 N–H and O–H groups in total. The molecule has 30 heavy (non-hydrogen) atoms. The van der Waals surface area contributed by atoms with Gasteiger partial charge in [0.25, 0.3) is 0 Å². The predicted octanol–water partition coefficient (Wildman–Crippen LogP) is 6.49. The zero-order valence-corrected chi connectivity index (χ0v) is 18.5. The fourth-order valence-electron chi connectivity index (χ4n) is 4.21. The van der Waals surface area contributed by atoms with Crippen LogP contribution in [0.25, 0.3) is 10.1 Å². The van der Waals surface area contributed by atoms with Crippen LogP contribution in [0.2, 0.25) is 5.02 Å². The second-order valence-electron chi connectivity index (χ2n) is 7.53. The van der Waals surface area contributed by atoms with E-state index >= 15 is 0 Å². The van der Waals surface area contributed by atoms with Crippen molar-refractivity contribution in [3.8, 4) is 11.6 Å². The van der Waals surface area contributed by atoms with Crippen molar-refractivity contribution in [2.75, 3.05) is 0 Å². The van der Waals surface area contributed by atoms with Crippen LogP contribution < -0.4 is 10.2 Å². The van der Waals surface area contributed by atoms with Gasteiger partial charge in [0.15, 0.2) is 5.75 Å². The number of benzene rings is 2. The molecule has 152 valence electrons. The van der Waals surface area contributed by atoms with Gasteiger partial charge in [-0.15, -0.1) is 11.3 Å². The van der Waals surface area contributed by atoms with Gasteiger partial charge < -0.3 is 9.30 Å². The second-order valence-corrected chi connectivity index (χ2v) is 9.02. The van der Waals surface area contributed by atoms with E-state index in [2.05, 4.69) is 37.0 Å². The molecule has 4 nitrogen and oxygen atoms in total. The first-order valence-corrected chi connectivity index (χ1v) is 11.4. The first-order chi connectivity index (χ1) is 14.6. The molecule has 5 rings (SSSR count). The summed E-state index contributed by atoms with van der Waals surface area (Å²) in [6.07, 6.45) is 3.63. The number of halogens is 1. The van der Waals surface area contributed by atoms with Crippen molar-refractivity contribution < 1.29 is 4.74 Å². The lowest BCUT2D eigenvalue weighted by molar-refractivity contribution is 0.429. The fraction of sp³-hybridized carbons (Fsp3) is 0.250. The van der Waals surface area contributed by atoms with Crippen LogP contribution in [-0.2, 0) is 13.0 Å². The van der Waals surface area contributed by atoms with E-state index in [1.54, 1.807) is 17.7 Å². The SMILES string of the molecule is CCCn1cnc2c(c1=N)C(c1ccc(Cl)cc1)c1sc3c(CC)cccc3c1O2. The van der Waals surface area contributed by atoms with E-state index in [9.17, 15) is 0 Å². The second kappa shape index (κ2) is 7.56. The van der Waals surface area contributed by atoms with E-state index in [4.69, 9.17) is 21.7 Å². The normalized spacial score (nSPS) is 15.0. The van der Waals surface area contributed by atoms with Gasteiger partial charge in [-0.05, 0) is 42.2 Å². The molecule has 0 spiro atoms. The fourth-order valence-corrected chi connectivity index (χ4v) is 5.78. The monoisotopic (exact) mass is 435 g/mol. The van der Waals surface area contributed by atoms with E-state index in [1.165, 1.54) is 10.3 Å². The highest BCUT2D eigenvalue weighted by Crippen LogP contribution is 2.53.